The molecule has 0 radical (unpaired) electrons. The van der Waals surface area contributed by atoms with E-state index in [4.69, 9.17) is 4.74 Å². The summed E-state index contributed by atoms with van der Waals surface area (Å²) >= 11 is 0. The van der Waals surface area contributed by atoms with Gasteiger partial charge in [0, 0.05) is 22.6 Å². The van der Waals surface area contributed by atoms with Crippen molar-refractivity contribution in [2.45, 2.75) is 32.0 Å². The van der Waals surface area contributed by atoms with Crippen LogP contribution in [0.2, 0.25) is 0 Å². The zero-order valence-electron chi connectivity index (χ0n) is 16.8. The monoisotopic (exact) mass is 435 g/mol. The molecule has 3 aromatic rings. The van der Waals surface area contributed by atoms with Gasteiger partial charge in [0.25, 0.3) is 0 Å². The molecule has 0 aliphatic carbocycles. The molecule has 2 heterocycles. The van der Waals surface area contributed by atoms with Crippen LogP contribution in [0.15, 0.2) is 59.2 Å². The molecule has 31 heavy (non-hydrogen) atoms. The Labute approximate surface area is 175 Å². The Morgan fingerprint density at radius 2 is 1.77 bits per heavy atom. The van der Waals surface area contributed by atoms with Gasteiger partial charge in [-0.1, -0.05) is 18.2 Å². The SMILES string of the molecule is Cc1cc(C(=O)COC(=O)CC(O)(c2ccco2)C(F)(F)F)c(C)n1-c1ccccc1. The predicted molar refractivity (Wildman–Crippen MR) is 104 cm³/mol. The lowest BCUT2D eigenvalue weighted by Gasteiger charge is -2.27. The highest BCUT2D eigenvalue weighted by molar-refractivity contribution is 5.99. The molecule has 0 fully saturated rings. The maximum absolute atomic E-state index is 13.4. The molecule has 164 valence electrons. The molecule has 1 N–H and O–H groups in total. The van der Waals surface area contributed by atoms with E-state index in [0.29, 0.717) is 5.69 Å². The molecular formula is C22H20F3NO5. The van der Waals surface area contributed by atoms with Crippen molar-refractivity contribution < 1.29 is 37.0 Å². The number of ether oxygens (including phenoxy) is 1. The van der Waals surface area contributed by atoms with Gasteiger partial charge in [0.1, 0.15) is 5.76 Å². The number of aryl methyl sites for hydroxylation is 1. The van der Waals surface area contributed by atoms with Gasteiger partial charge in [0.15, 0.2) is 6.61 Å². The molecule has 9 heteroatoms. The van der Waals surface area contributed by atoms with E-state index in [1.807, 2.05) is 34.9 Å². The standard InChI is InChI=1S/C22H20F3NO5/c1-14-11-17(15(2)26(14)16-7-4-3-5-8-16)18(27)13-31-20(28)12-21(29,22(23,24)25)19-9-6-10-30-19/h3-11,29H,12-13H2,1-2H3. The van der Waals surface area contributed by atoms with Crippen LogP contribution < -0.4 is 0 Å². The number of alkyl halides is 3. The van der Waals surface area contributed by atoms with Gasteiger partial charge < -0.3 is 18.8 Å². The maximum Gasteiger partial charge on any atom is 0.425 e. The smallest absolute Gasteiger partial charge is 0.425 e. The van der Waals surface area contributed by atoms with Crippen LogP contribution in [0.3, 0.4) is 0 Å². The average Bonchev–Trinajstić information content (AvgIpc) is 3.34. The maximum atomic E-state index is 13.4. The van der Waals surface area contributed by atoms with Crippen molar-refractivity contribution in [1.82, 2.24) is 4.57 Å². The Hall–Kier alpha value is -3.33. The van der Waals surface area contributed by atoms with E-state index in [1.165, 1.54) is 0 Å². The molecule has 3 rings (SSSR count). The van der Waals surface area contributed by atoms with Gasteiger partial charge in [0.05, 0.1) is 12.7 Å². The van der Waals surface area contributed by atoms with Crippen LogP contribution in [0.25, 0.3) is 5.69 Å². The van der Waals surface area contributed by atoms with Crippen LogP contribution in [0.1, 0.15) is 33.9 Å². The van der Waals surface area contributed by atoms with E-state index in [2.05, 4.69) is 4.42 Å². The minimum absolute atomic E-state index is 0.284. The van der Waals surface area contributed by atoms with Crippen molar-refractivity contribution in [3.8, 4) is 5.69 Å². The average molecular weight is 435 g/mol. The van der Waals surface area contributed by atoms with Crippen LogP contribution in [-0.2, 0) is 15.1 Å². The number of carbonyl (C=O) groups is 2. The molecule has 1 aromatic carbocycles. The second-order valence-corrected chi connectivity index (χ2v) is 7.05. The van der Waals surface area contributed by atoms with E-state index in [1.54, 1.807) is 19.9 Å². The Morgan fingerprint density at radius 3 is 2.35 bits per heavy atom. The quantitative estimate of drug-likeness (QED) is 0.443. The fraction of sp³-hybridized carbons (Fsp3) is 0.273. The summed E-state index contributed by atoms with van der Waals surface area (Å²) in [6, 6.07) is 13.0. The number of rotatable bonds is 7. The van der Waals surface area contributed by atoms with Crippen molar-refractivity contribution in [2.24, 2.45) is 0 Å². The minimum atomic E-state index is -5.19. The Balaban J connectivity index is 1.72. The number of ketones is 1. The third kappa shape index (κ3) is 4.41. The molecule has 2 aromatic heterocycles. The van der Waals surface area contributed by atoms with E-state index in [0.717, 1.165) is 29.8 Å². The van der Waals surface area contributed by atoms with Crippen LogP contribution in [-0.4, -0.2) is 34.2 Å². The fourth-order valence-corrected chi connectivity index (χ4v) is 3.34. The third-order valence-corrected chi connectivity index (χ3v) is 4.91. The molecule has 0 amide bonds. The molecule has 0 saturated heterocycles. The number of benzene rings is 1. The van der Waals surface area contributed by atoms with Crippen molar-refractivity contribution in [3.05, 3.63) is 77.5 Å². The van der Waals surface area contributed by atoms with E-state index in [-0.39, 0.29) is 5.56 Å². The Morgan fingerprint density at radius 1 is 1.10 bits per heavy atom. The van der Waals surface area contributed by atoms with Crippen molar-refractivity contribution >= 4 is 11.8 Å². The molecule has 0 bridgehead atoms. The third-order valence-electron chi connectivity index (χ3n) is 4.91. The zero-order valence-corrected chi connectivity index (χ0v) is 16.8. The molecule has 0 aliphatic rings. The number of nitrogens with zero attached hydrogens (tertiary/aromatic N) is 1. The first kappa shape index (κ1) is 22.4. The number of furan rings is 1. The lowest BCUT2D eigenvalue weighted by Crippen LogP contribution is -2.44. The van der Waals surface area contributed by atoms with Crippen molar-refractivity contribution in [3.63, 3.8) is 0 Å². The predicted octanol–water partition coefficient (Wildman–Crippen LogP) is 4.25. The molecule has 6 nitrogen and oxygen atoms in total. The summed E-state index contributed by atoms with van der Waals surface area (Å²) in [6.45, 7) is 2.76. The largest absolute Gasteiger partial charge is 0.466 e. The molecule has 0 spiro atoms. The second-order valence-electron chi connectivity index (χ2n) is 7.05. The van der Waals surface area contributed by atoms with E-state index < -0.39 is 42.3 Å². The van der Waals surface area contributed by atoms with Gasteiger partial charge >= 0.3 is 12.1 Å². The van der Waals surface area contributed by atoms with Crippen molar-refractivity contribution in [1.29, 1.82) is 0 Å². The number of hydrogen-bond acceptors (Lipinski definition) is 5. The van der Waals surface area contributed by atoms with Gasteiger partial charge in [-0.15, -0.1) is 0 Å². The van der Waals surface area contributed by atoms with E-state index in [9.17, 15) is 27.9 Å². The summed E-state index contributed by atoms with van der Waals surface area (Å²) in [4.78, 5) is 24.6. The first-order chi connectivity index (χ1) is 14.5. The molecular weight excluding hydrogens is 415 g/mol. The van der Waals surface area contributed by atoms with Gasteiger partial charge in [-0.3, -0.25) is 9.59 Å². The summed E-state index contributed by atoms with van der Waals surface area (Å²) in [5.74, 6) is -2.80. The highest BCUT2D eigenvalue weighted by Gasteiger charge is 2.58. The van der Waals surface area contributed by atoms with Gasteiger partial charge in [-0.05, 0) is 44.2 Å². The van der Waals surface area contributed by atoms with Crippen LogP contribution in [0.5, 0.6) is 0 Å². The summed E-state index contributed by atoms with van der Waals surface area (Å²) in [6.07, 6.45) is -5.68. The first-order valence-corrected chi connectivity index (χ1v) is 9.31. The summed E-state index contributed by atoms with van der Waals surface area (Å²) in [5, 5.41) is 10.1. The Kier molecular flexibility index (Phi) is 6.08. The number of aliphatic hydroxyl groups is 1. The van der Waals surface area contributed by atoms with Crippen molar-refractivity contribution in [2.75, 3.05) is 6.61 Å². The minimum Gasteiger partial charge on any atom is -0.466 e. The number of hydrogen-bond donors (Lipinski definition) is 1. The normalized spacial score (nSPS) is 13.6. The van der Waals surface area contributed by atoms with Gasteiger partial charge in [-0.2, -0.15) is 13.2 Å². The van der Waals surface area contributed by atoms with Gasteiger partial charge in [-0.25, -0.2) is 0 Å². The highest BCUT2D eigenvalue weighted by atomic mass is 19.4. The zero-order chi connectivity index (χ0) is 22.8. The van der Waals surface area contributed by atoms with Crippen LogP contribution >= 0.6 is 0 Å². The van der Waals surface area contributed by atoms with E-state index >= 15 is 0 Å². The fourth-order valence-electron chi connectivity index (χ4n) is 3.34. The molecule has 1 atom stereocenters. The number of halogens is 3. The number of esters is 1. The molecule has 0 aliphatic heterocycles. The number of aromatic nitrogens is 1. The summed E-state index contributed by atoms with van der Waals surface area (Å²) < 4.78 is 51.3. The molecule has 0 saturated carbocycles. The number of para-hydroxylation sites is 1. The van der Waals surface area contributed by atoms with Gasteiger partial charge in [0.2, 0.25) is 11.4 Å². The number of carbonyl (C=O) groups excluding carboxylic acids is 2. The first-order valence-electron chi connectivity index (χ1n) is 9.31. The topological polar surface area (TPSA) is 81.7 Å². The lowest BCUT2D eigenvalue weighted by molar-refractivity contribution is -0.275. The summed E-state index contributed by atoms with van der Waals surface area (Å²) in [5.41, 5.74) is -1.07. The molecule has 1 unspecified atom stereocenters. The van der Waals surface area contributed by atoms with Crippen LogP contribution in [0, 0.1) is 13.8 Å². The second kappa shape index (κ2) is 8.43. The highest BCUT2D eigenvalue weighted by Crippen LogP contribution is 2.42. The number of Topliss-reactive ketones (excluding diaryl/α,β-unsaturated/α-hetero) is 1. The Bertz CT molecular complexity index is 1070. The lowest BCUT2D eigenvalue weighted by atomic mass is 9.96. The summed E-state index contributed by atoms with van der Waals surface area (Å²) in [7, 11) is 0. The van der Waals surface area contributed by atoms with Crippen LogP contribution in [0.4, 0.5) is 13.2 Å².